The van der Waals surface area contributed by atoms with Crippen LogP contribution >= 0.6 is 11.3 Å². The van der Waals surface area contributed by atoms with Gasteiger partial charge in [0.2, 0.25) is 0 Å². The first kappa shape index (κ1) is 25.4. The summed E-state index contributed by atoms with van der Waals surface area (Å²) in [6.45, 7) is 10.2. The molecule has 2 rings (SSSR count). The molecule has 2 aromatic rings. The smallest absolute Gasteiger partial charge is 0.397 e. The van der Waals surface area contributed by atoms with Gasteiger partial charge in [0.15, 0.2) is 0 Å². The van der Waals surface area contributed by atoms with Crippen LogP contribution in [0.3, 0.4) is 0 Å². The molecule has 6 nitrogen and oxygen atoms in total. The van der Waals surface area contributed by atoms with E-state index >= 15 is 0 Å². The molecule has 174 valence electrons. The number of rotatable bonds is 14. The van der Waals surface area contributed by atoms with Crippen LogP contribution in [0.2, 0.25) is 0 Å². The summed E-state index contributed by atoms with van der Waals surface area (Å²) in [5, 5.41) is 0.513. The van der Waals surface area contributed by atoms with E-state index in [1.807, 2.05) is 19.9 Å². The normalized spacial score (nSPS) is 12.8. The van der Waals surface area contributed by atoms with E-state index in [1.165, 1.54) is 43.9 Å². The van der Waals surface area contributed by atoms with Crippen LogP contribution in [-0.2, 0) is 9.53 Å². The maximum Gasteiger partial charge on any atom is 0.397 e. The highest BCUT2D eigenvalue weighted by molar-refractivity contribution is 7.18. The van der Waals surface area contributed by atoms with Gasteiger partial charge in [0, 0.05) is 11.8 Å². The third kappa shape index (κ3) is 8.63. The maximum absolute atomic E-state index is 12.4. The molecule has 0 spiro atoms. The third-order valence-electron chi connectivity index (χ3n) is 5.37. The van der Waals surface area contributed by atoms with Crippen molar-refractivity contribution in [2.45, 2.75) is 104 Å². The van der Waals surface area contributed by atoms with Gasteiger partial charge in [0.25, 0.3) is 0 Å². The van der Waals surface area contributed by atoms with Gasteiger partial charge in [-0.2, -0.15) is 4.98 Å². The van der Waals surface area contributed by atoms with Gasteiger partial charge in [-0.25, -0.2) is 4.79 Å². The Labute approximate surface area is 189 Å². The summed E-state index contributed by atoms with van der Waals surface area (Å²) in [5.41, 5.74) is -0.857. The van der Waals surface area contributed by atoms with Crippen molar-refractivity contribution < 1.29 is 18.7 Å². The number of carbonyl (C=O) groups is 1. The van der Waals surface area contributed by atoms with Gasteiger partial charge in [-0.15, -0.1) is 11.3 Å². The minimum atomic E-state index is -0.462. The lowest BCUT2D eigenvalue weighted by Crippen LogP contribution is -2.26. The number of thiophene rings is 1. The van der Waals surface area contributed by atoms with E-state index in [4.69, 9.17) is 13.9 Å². The number of carbonyl (C=O) groups excluding carboxylic acids is 1. The number of hydrogen-bond acceptors (Lipinski definition) is 7. The molecule has 0 N–H and O–H groups in total. The van der Waals surface area contributed by atoms with Gasteiger partial charge >= 0.3 is 17.7 Å². The Bertz CT molecular complexity index is 886. The average Bonchev–Trinajstić information content (AvgIpc) is 3.11. The van der Waals surface area contributed by atoms with Gasteiger partial charge in [-0.3, -0.25) is 4.79 Å². The highest BCUT2D eigenvalue weighted by Gasteiger charge is 2.22. The summed E-state index contributed by atoms with van der Waals surface area (Å²) in [6.07, 6.45) is 9.73. The van der Waals surface area contributed by atoms with Crippen LogP contribution in [0.25, 0.3) is 10.2 Å². The Morgan fingerprint density at radius 2 is 1.90 bits per heavy atom. The minimum Gasteiger partial charge on any atom is -0.460 e. The van der Waals surface area contributed by atoms with Crippen LogP contribution in [0, 0.1) is 0 Å². The summed E-state index contributed by atoms with van der Waals surface area (Å²) < 4.78 is 16.2. The predicted octanol–water partition coefficient (Wildman–Crippen LogP) is 6.60. The van der Waals surface area contributed by atoms with Crippen LogP contribution in [0.5, 0.6) is 6.08 Å². The first-order chi connectivity index (χ1) is 14.7. The number of hydrogen-bond donors (Lipinski definition) is 0. The highest BCUT2D eigenvalue weighted by atomic mass is 32.1. The fourth-order valence-electron chi connectivity index (χ4n) is 3.63. The number of aromatic nitrogens is 1. The molecule has 0 bridgehead atoms. The largest absolute Gasteiger partial charge is 0.460 e. The second-order valence-corrected chi connectivity index (χ2v) is 9.96. The van der Waals surface area contributed by atoms with Crippen molar-refractivity contribution in [3.05, 3.63) is 21.4 Å². The molecule has 2 heterocycles. The topological polar surface area (TPSA) is 78.6 Å². The zero-order valence-electron chi connectivity index (χ0n) is 19.6. The van der Waals surface area contributed by atoms with Crippen LogP contribution in [0.15, 0.2) is 15.3 Å². The number of nitrogens with zero attached hydrogens (tertiary/aromatic N) is 1. The summed E-state index contributed by atoms with van der Waals surface area (Å²) in [7, 11) is 0. The molecule has 0 saturated heterocycles. The van der Waals surface area contributed by atoms with Gasteiger partial charge < -0.3 is 13.9 Å². The second kappa shape index (κ2) is 12.2. The Hall–Kier alpha value is -1.89. The molecule has 0 radical (unpaired) electrons. The SMILES string of the molecule is CCCCCCCCOc1nc2sc(C(C)CCCC(C)(C)OC(C)=O)cc2c(=O)o1. The Kier molecular flexibility index (Phi) is 10.0. The molecule has 0 aromatic carbocycles. The van der Waals surface area contributed by atoms with E-state index in [-0.39, 0.29) is 18.0 Å². The molecule has 0 fully saturated rings. The number of fused-ring (bicyclic) bond motifs is 1. The lowest BCUT2D eigenvalue weighted by molar-refractivity contribution is -0.154. The lowest BCUT2D eigenvalue weighted by atomic mass is 9.96. The fraction of sp³-hybridized carbons (Fsp3) is 0.708. The highest BCUT2D eigenvalue weighted by Crippen LogP contribution is 2.33. The summed E-state index contributed by atoms with van der Waals surface area (Å²) in [5.74, 6) is 0.0223. The summed E-state index contributed by atoms with van der Waals surface area (Å²) in [6, 6.07) is 1.89. The first-order valence-electron chi connectivity index (χ1n) is 11.5. The lowest BCUT2D eigenvalue weighted by Gasteiger charge is -2.24. The van der Waals surface area contributed by atoms with E-state index in [0.29, 0.717) is 16.8 Å². The molecular weight excluding hydrogens is 414 g/mol. The van der Waals surface area contributed by atoms with E-state index in [9.17, 15) is 9.59 Å². The first-order valence-corrected chi connectivity index (χ1v) is 12.3. The maximum atomic E-state index is 12.4. The number of ether oxygens (including phenoxy) is 2. The fourth-order valence-corrected chi connectivity index (χ4v) is 4.72. The Balaban J connectivity index is 1.89. The molecular formula is C24H37NO5S. The standard InChI is InChI=1S/C24H37NO5S/c1-6-7-8-9-10-11-15-28-23-25-21-19(22(27)29-23)16-20(31-21)17(2)13-12-14-24(4,5)30-18(3)26/h16-17H,6-15H2,1-5H3. The van der Waals surface area contributed by atoms with Crippen molar-refractivity contribution in [1.82, 2.24) is 4.98 Å². The van der Waals surface area contributed by atoms with E-state index in [2.05, 4.69) is 18.8 Å². The molecule has 0 amide bonds. The molecule has 1 atom stereocenters. The van der Waals surface area contributed by atoms with Gasteiger partial charge in [0.1, 0.15) is 10.4 Å². The van der Waals surface area contributed by atoms with E-state index < -0.39 is 11.2 Å². The Morgan fingerprint density at radius 3 is 2.61 bits per heavy atom. The molecule has 0 aliphatic heterocycles. The predicted molar refractivity (Wildman–Crippen MR) is 125 cm³/mol. The van der Waals surface area contributed by atoms with Crippen molar-refractivity contribution in [2.24, 2.45) is 0 Å². The molecule has 31 heavy (non-hydrogen) atoms. The molecule has 0 aliphatic carbocycles. The Morgan fingerprint density at radius 1 is 1.19 bits per heavy atom. The zero-order valence-corrected chi connectivity index (χ0v) is 20.4. The average molecular weight is 452 g/mol. The van der Waals surface area contributed by atoms with E-state index in [0.717, 1.165) is 37.0 Å². The quantitative estimate of drug-likeness (QED) is 0.238. The van der Waals surface area contributed by atoms with Gasteiger partial charge in [-0.05, 0) is 51.5 Å². The summed E-state index contributed by atoms with van der Waals surface area (Å²) >= 11 is 1.52. The van der Waals surface area contributed by atoms with Crippen LogP contribution < -0.4 is 10.4 Å². The van der Waals surface area contributed by atoms with Crippen molar-refractivity contribution in [1.29, 1.82) is 0 Å². The molecule has 7 heteroatoms. The summed E-state index contributed by atoms with van der Waals surface area (Å²) in [4.78, 5) is 29.7. The van der Waals surface area contributed by atoms with Crippen LogP contribution in [0.4, 0.5) is 0 Å². The molecule has 1 unspecified atom stereocenters. The van der Waals surface area contributed by atoms with Gasteiger partial charge in [0.05, 0.1) is 12.0 Å². The van der Waals surface area contributed by atoms with E-state index in [1.54, 1.807) is 0 Å². The minimum absolute atomic E-state index is 0.0650. The van der Waals surface area contributed by atoms with Crippen molar-refractivity contribution in [3.63, 3.8) is 0 Å². The molecule has 2 aromatic heterocycles. The third-order valence-corrected chi connectivity index (χ3v) is 6.63. The second-order valence-electron chi connectivity index (χ2n) is 8.90. The van der Waals surface area contributed by atoms with Gasteiger partial charge in [-0.1, -0.05) is 46.0 Å². The molecule has 0 saturated carbocycles. The van der Waals surface area contributed by atoms with Crippen molar-refractivity contribution in [2.75, 3.05) is 6.61 Å². The zero-order chi connectivity index (χ0) is 22.9. The molecule has 0 aliphatic rings. The van der Waals surface area contributed by atoms with Crippen LogP contribution in [-0.4, -0.2) is 23.2 Å². The van der Waals surface area contributed by atoms with Crippen molar-refractivity contribution >= 4 is 27.5 Å². The monoisotopic (exact) mass is 451 g/mol. The van der Waals surface area contributed by atoms with Crippen molar-refractivity contribution in [3.8, 4) is 6.08 Å². The number of esters is 1. The van der Waals surface area contributed by atoms with Crippen LogP contribution in [0.1, 0.15) is 103 Å². The number of unbranched alkanes of at least 4 members (excludes halogenated alkanes) is 5.